The zero-order valence-corrected chi connectivity index (χ0v) is 16.6. The predicted octanol–water partition coefficient (Wildman–Crippen LogP) is 4.57. The summed E-state index contributed by atoms with van der Waals surface area (Å²) in [7, 11) is 0. The lowest BCUT2D eigenvalue weighted by Gasteiger charge is -2.35. The quantitative estimate of drug-likeness (QED) is 0.846. The Labute approximate surface area is 165 Å². The molecule has 1 aliphatic heterocycles. The van der Waals surface area contributed by atoms with E-state index in [1.165, 1.54) is 0 Å². The van der Waals surface area contributed by atoms with Gasteiger partial charge < -0.3 is 9.84 Å². The molecule has 5 heteroatoms. The number of phenolic OH excluding ortho intramolecular Hbond substituents is 1. The van der Waals surface area contributed by atoms with E-state index < -0.39 is 17.7 Å². The lowest BCUT2D eigenvalue weighted by molar-refractivity contribution is -0.126. The molecule has 5 nitrogen and oxygen atoms in total. The van der Waals surface area contributed by atoms with E-state index in [-0.39, 0.29) is 11.5 Å². The van der Waals surface area contributed by atoms with Crippen molar-refractivity contribution in [2.75, 3.05) is 6.54 Å². The van der Waals surface area contributed by atoms with E-state index in [1.807, 2.05) is 57.2 Å². The molecule has 0 aromatic heterocycles. The molecule has 1 atom stereocenters. The number of rotatable bonds is 3. The fourth-order valence-electron chi connectivity index (χ4n) is 3.49. The van der Waals surface area contributed by atoms with Gasteiger partial charge in [-0.25, -0.2) is 4.79 Å². The highest BCUT2D eigenvalue weighted by Gasteiger charge is 2.35. The Hall–Kier alpha value is -2.82. The Balaban J connectivity index is 1.84. The Morgan fingerprint density at radius 1 is 1.18 bits per heavy atom. The molecule has 2 aromatic carbocycles. The number of ether oxygens (including phenoxy) is 1. The maximum absolute atomic E-state index is 12.6. The molecule has 3 rings (SSSR count). The number of piperidine rings is 1. The molecule has 1 N–H and O–H groups in total. The van der Waals surface area contributed by atoms with Gasteiger partial charge in [0.2, 0.25) is 0 Å². The molecule has 2 aromatic rings. The SMILES string of the molecule is CC(C)(C)OC(=O)N1CCCC(=O)C1Cc1cccc(-c2ccccc2O)c1. The smallest absolute Gasteiger partial charge is 0.410 e. The monoisotopic (exact) mass is 381 g/mol. The van der Waals surface area contributed by atoms with Crippen molar-refractivity contribution in [3.05, 3.63) is 54.1 Å². The van der Waals surface area contributed by atoms with Gasteiger partial charge in [0.1, 0.15) is 11.4 Å². The van der Waals surface area contributed by atoms with Crippen LogP contribution < -0.4 is 0 Å². The number of hydrogen-bond donors (Lipinski definition) is 1. The lowest BCUT2D eigenvalue weighted by atomic mass is 9.93. The van der Waals surface area contributed by atoms with E-state index in [1.54, 1.807) is 17.0 Å². The van der Waals surface area contributed by atoms with Crippen molar-refractivity contribution >= 4 is 11.9 Å². The molecular weight excluding hydrogens is 354 g/mol. The van der Waals surface area contributed by atoms with Gasteiger partial charge in [-0.3, -0.25) is 9.69 Å². The largest absolute Gasteiger partial charge is 0.507 e. The standard InChI is InChI=1S/C23H27NO4/c1-23(2,3)28-22(27)24-13-7-12-21(26)19(24)15-16-8-6-9-17(14-16)18-10-4-5-11-20(18)25/h4-6,8-11,14,19,25H,7,12-13,15H2,1-3H3. The highest BCUT2D eigenvalue weighted by Crippen LogP contribution is 2.30. The zero-order valence-electron chi connectivity index (χ0n) is 16.6. The Kier molecular flexibility index (Phi) is 5.73. The van der Waals surface area contributed by atoms with Gasteiger partial charge in [0.25, 0.3) is 0 Å². The summed E-state index contributed by atoms with van der Waals surface area (Å²) in [6, 6.07) is 14.4. The third-order valence-corrected chi connectivity index (χ3v) is 4.77. The lowest BCUT2D eigenvalue weighted by Crippen LogP contribution is -2.51. The van der Waals surface area contributed by atoms with Gasteiger partial charge in [-0.2, -0.15) is 0 Å². The maximum atomic E-state index is 12.6. The van der Waals surface area contributed by atoms with E-state index in [9.17, 15) is 14.7 Å². The minimum atomic E-state index is -0.604. The first kappa shape index (κ1) is 19.9. The minimum absolute atomic E-state index is 0.0603. The van der Waals surface area contributed by atoms with Crippen LogP contribution in [-0.2, 0) is 16.0 Å². The van der Waals surface area contributed by atoms with Crippen LogP contribution in [0.3, 0.4) is 0 Å². The number of amides is 1. The van der Waals surface area contributed by atoms with Crippen LogP contribution >= 0.6 is 0 Å². The summed E-state index contributed by atoms with van der Waals surface area (Å²) >= 11 is 0. The average molecular weight is 381 g/mol. The summed E-state index contributed by atoms with van der Waals surface area (Å²) in [5.74, 6) is 0.272. The number of aromatic hydroxyl groups is 1. The first-order chi connectivity index (χ1) is 13.2. The summed E-state index contributed by atoms with van der Waals surface area (Å²) in [5, 5.41) is 10.1. The van der Waals surface area contributed by atoms with Crippen molar-refractivity contribution < 1.29 is 19.4 Å². The molecule has 1 unspecified atom stereocenters. The molecule has 0 saturated carbocycles. The summed E-state index contributed by atoms with van der Waals surface area (Å²) in [6.07, 6.45) is 1.12. The van der Waals surface area contributed by atoms with Crippen molar-refractivity contribution in [1.82, 2.24) is 4.90 Å². The normalized spacial score (nSPS) is 17.5. The second-order valence-electron chi connectivity index (χ2n) is 8.18. The Bertz CT molecular complexity index is 869. The molecule has 0 aliphatic carbocycles. The number of benzene rings is 2. The number of hydrogen-bond acceptors (Lipinski definition) is 4. The van der Waals surface area contributed by atoms with Crippen molar-refractivity contribution in [2.45, 2.75) is 51.7 Å². The number of carbonyl (C=O) groups excluding carboxylic acids is 2. The van der Waals surface area contributed by atoms with Crippen molar-refractivity contribution in [2.24, 2.45) is 0 Å². The van der Waals surface area contributed by atoms with Gasteiger partial charge in [-0.05, 0) is 44.4 Å². The molecule has 0 radical (unpaired) electrons. The van der Waals surface area contributed by atoms with E-state index >= 15 is 0 Å². The highest BCUT2D eigenvalue weighted by molar-refractivity contribution is 5.89. The second kappa shape index (κ2) is 8.05. The van der Waals surface area contributed by atoms with Gasteiger partial charge in [0.05, 0.1) is 6.04 Å². The number of phenols is 1. The van der Waals surface area contributed by atoms with Crippen molar-refractivity contribution in [3.63, 3.8) is 0 Å². The van der Waals surface area contributed by atoms with Crippen molar-refractivity contribution in [3.8, 4) is 16.9 Å². The van der Waals surface area contributed by atoms with Crippen LogP contribution in [0.1, 0.15) is 39.2 Å². The number of ketones is 1. The number of nitrogens with zero attached hydrogens (tertiary/aromatic N) is 1. The minimum Gasteiger partial charge on any atom is -0.507 e. The zero-order chi connectivity index (χ0) is 20.3. The molecule has 1 aliphatic rings. The van der Waals surface area contributed by atoms with Gasteiger partial charge in [-0.15, -0.1) is 0 Å². The first-order valence-electron chi connectivity index (χ1n) is 9.64. The van der Waals surface area contributed by atoms with E-state index in [2.05, 4.69) is 0 Å². The van der Waals surface area contributed by atoms with Crippen LogP contribution in [0.2, 0.25) is 0 Å². The molecule has 148 valence electrons. The van der Waals surface area contributed by atoms with E-state index in [0.717, 1.165) is 16.7 Å². The second-order valence-corrected chi connectivity index (χ2v) is 8.18. The molecule has 0 bridgehead atoms. The highest BCUT2D eigenvalue weighted by atomic mass is 16.6. The van der Waals surface area contributed by atoms with Crippen molar-refractivity contribution in [1.29, 1.82) is 0 Å². The summed E-state index contributed by atoms with van der Waals surface area (Å²) in [4.78, 5) is 26.8. The molecule has 1 fully saturated rings. The van der Waals surface area contributed by atoms with Crippen LogP contribution in [0.25, 0.3) is 11.1 Å². The van der Waals surface area contributed by atoms with E-state index in [0.29, 0.717) is 25.8 Å². The van der Waals surface area contributed by atoms with Crippen LogP contribution in [0.5, 0.6) is 5.75 Å². The Morgan fingerprint density at radius 3 is 2.64 bits per heavy atom. The summed E-state index contributed by atoms with van der Waals surface area (Å²) in [5.41, 5.74) is 1.95. The summed E-state index contributed by atoms with van der Waals surface area (Å²) < 4.78 is 5.50. The fourth-order valence-corrected chi connectivity index (χ4v) is 3.49. The number of Topliss-reactive ketones (excluding diaryl/α,β-unsaturated/α-hetero) is 1. The number of para-hydroxylation sites is 1. The predicted molar refractivity (Wildman–Crippen MR) is 108 cm³/mol. The number of likely N-dealkylation sites (tertiary alicyclic amines) is 1. The molecule has 1 saturated heterocycles. The molecule has 0 spiro atoms. The Morgan fingerprint density at radius 2 is 1.93 bits per heavy atom. The van der Waals surface area contributed by atoms with Gasteiger partial charge >= 0.3 is 6.09 Å². The van der Waals surface area contributed by atoms with Gasteiger partial charge in [0.15, 0.2) is 5.78 Å². The first-order valence-corrected chi connectivity index (χ1v) is 9.64. The third-order valence-electron chi connectivity index (χ3n) is 4.77. The maximum Gasteiger partial charge on any atom is 0.410 e. The van der Waals surface area contributed by atoms with E-state index in [4.69, 9.17) is 4.74 Å². The van der Waals surface area contributed by atoms with Crippen LogP contribution in [0, 0.1) is 0 Å². The van der Waals surface area contributed by atoms with Crippen LogP contribution in [0.15, 0.2) is 48.5 Å². The van der Waals surface area contributed by atoms with Crippen LogP contribution in [-0.4, -0.2) is 40.1 Å². The van der Waals surface area contributed by atoms with Gasteiger partial charge in [0, 0.05) is 24.9 Å². The summed E-state index contributed by atoms with van der Waals surface area (Å²) in [6.45, 7) is 5.98. The molecule has 1 amide bonds. The number of carbonyl (C=O) groups is 2. The van der Waals surface area contributed by atoms with Crippen LogP contribution in [0.4, 0.5) is 4.79 Å². The average Bonchev–Trinajstić information content (AvgIpc) is 2.62. The molecular formula is C23H27NO4. The third kappa shape index (κ3) is 4.71. The molecule has 28 heavy (non-hydrogen) atoms. The van der Waals surface area contributed by atoms with Gasteiger partial charge in [-0.1, -0.05) is 42.5 Å². The molecule has 1 heterocycles. The topological polar surface area (TPSA) is 66.8 Å². The fraction of sp³-hybridized carbons (Fsp3) is 0.391.